The van der Waals surface area contributed by atoms with Crippen LogP contribution in [-0.4, -0.2) is 41.5 Å². The lowest BCUT2D eigenvalue weighted by Gasteiger charge is -2.32. The molecule has 0 bridgehead atoms. The molecule has 1 aliphatic rings. The molecule has 1 rings (SSSR count). The van der Waals surface area contributed by atoms with Gasteiger partial charge in [0.15, 0.2) is 0 Å². The van der Waals surface area contributed by atoms with E-state index in [1.807, 2.05) is 0 Å². The molecule has 0 spiro atoms. The lowest BCUT2D eigenvalue weighted by atomic mass is 9.97. The van der Waals surface area contributed by atoms with Crippen LogP contribution in [0.1, 0.15) is 52.4 Å². The van der Waals surface area contributed by atoms with Gasteiger partial charge < -0.3 is 11.1 Å². The zero-order valence-electron chi connectivity index (χ0n) is 12.9. The van der Waals surface area contributed by atoms with Gasteiger partial charge in [-0.15, -0.1) is 0 Å². The highest BCUT2D eigenvalue weighted by molar-refractivity contribution is 7.80. The molecule has 0 aromatic rings. The number of hydrogen-bond donors (Lipinski definition) is 2. The van der Waals surface area contributed by atoms with Crippen molar-refractivity contribution in [3.63, 3.8) is 0 Å². The van der Waals surface area contributed by atoms with Gasteiger partial charge >= 0.3 is 0 Å². The van der Waals surface area contributed by atoms with E-state index in [1.54, 1.807) is 0 Å². The Morgan fingerprint density at radius 2 is 2.05 bits per heavy atom. The van der Waals surface area contributed by atoms with Gasteiger partial charge in [-0.2, -0.15) is 0 Å². The first-order chi connectivity index (χ1) is 9.56. The van der Waals surface area contributed by atoms with Crippen LogP contribution in [0, 0.1) is 5.92 Å². The standard InChI is InChI=1S/C15H29N3OS/c1-3-5-6-12(4-2)15(19)17-13-7-9-18(10-8-13)11-14(16)20/h12-13H,3-11H2,1-2H3,(H2,16,20)(H,17,19). The number of nitrogens with two attached hydrogens (primary N) is 1. The topological polar surface area (TPSA) is 58.4 Å². The Hall–Kier alpha value is -0.680. The summed E-state index contributed by atoms with van der Waals surface area (Å²) in [6, 6.07) is 0.320. The van der Waals surface area contributed by atoms with E-state index in [0.29, 0.717) is 17.6 Å². The van der Waals surface area contributed by atoms with Crippen molar-refractivity contribution in [1.82, 2.24) is 10.2 Å². The number of carbonyl (C=O) groups excluding carboxylic acids is 1. The van der Waals surface area contributed by atoms with Crippen molar-refractivity contribution < 1.29 is 4.79 Å². The van der Waals surface area contributed by atoms with Crippen LogP contribution in [0.4, 0.5) is 0 Å². The van der Waals surface area contributed by atoms with Gasteiger partial charge in [-0.05, 0) is 25.7 Å². The van der Waals surface area contributed by atoms with E-state index in [0.717, 1.165) is 51.6 Å². The summed E-state index contributed by atoms with van der Waals surface area (Å²) in [5.41, 5.74) is 5.56. The van der Waals surface area contributed by atoms with Crippen molar-refractivity contribution in [2.75, 3.05) is 19.6 Å². The Bertz CT molecular complexity index is 314. The highest BCUT2D eigenvalue weighted by atomic mass is 32.1. The summed E-state index contributed by atoms with van der Waals surface area (Å²) in [6.45, 7) is 6.90. The van der Waals surface area contributed by atoms with Crippen molar-refractivity contribution in [2.24, 2.45) is 11.7 Å². The van der Waals surface area contributed by atoms with Crippen molar-refractivity contribution in [1.29, 1.82) is 0 Å². The molecule has 20 heavy (non-hydrogen) atoms. The van der Waals surface area contributed by atoms with Crippen LogP contribution in [0.3, 0.4) is 0 Å². The second kappa shape index (κ2) is 9.29. The fourth-order valence-electron chi connectivity index (χ4n) is 2.75. The van der Waals surface area contributed by atoms with Crippen molar-refractivity contribution >= 4 is 23.1 Å². The largest absolute Gasteiger partial charge is 0.392 e. The van der Waals surface area contributed by atoms with Crippen molar-refractivity contribution in [2.45, 2.75) is 58.4 Å². The monoisotopic (exact) mass is 299 g/mol. The van der Waals surface area contributed by atoms with E-state index in [1.165, 1.54) is 0 Å². The first-order valence-electron chi connectivity index (χ1n) is 7.87. The number of likely N-dealkylation sites (tertiary alicyclic amines) is 1. The van der Waals surface area contributed by atoms with Gasteiger partial charge in [-0.1, -0.05) is 38.9 Å². The van der Waals surface area contributed by atoms with Gasteiger partial charge in [-0.25, -0.2) is 0 Å². The van der Waals surface area contributed by atoms with Gasteiger partial charge in [0.2, 0.25) is 5.91 Å². The average Bonchev–Trinajstić information content (AvgIpc) is 2.41. The molecule has 4 nitrogen and oxygen atoms in total. The van der Waals surface area contributed by atoms with Crippen LogP contribution in [0.15, 0.2) is 0 Å². The number of nitrogens with one attached hydrogen (secondary N) is 1. The minimum absolute atomic E-state index is 0.185. The summed E-state index contributed by atoms with van der Waals surface area (Å²) in [5, 5.41) is 3.22. The molecule has 0 aliphatic carbocycles. The molecule has 1 amide bonds. The third kappa shape index (κ3) is 6.18. The molecule has 1 unspecified atom stereocenters. The summed E-state index contributed by atoms with van der Waals surface area (Å²) in [5.74, 6) is 0.429. The summed E-state index contributed by atoms with van der Waals surface area (Å²) < 4.78 is 0. The second-order valence-electron chi connectivity index (χ2n) is 5.77. The molecule has 0 radical (unpaired) electrons. The summed E-state index contributed by atoms with van der Waals surface area (Å²) >= 11 is 4.93. The number of thiocarbonyl (C=S) groups is 1. The normalized spacial score (nSPS) is 18.7. The first-order valence-corrected chi connectivity index (χ1v) is 8.28. The average molecular weight is 299 g/mol. The Kier molecular flexibility index (Phi) is 8.07. The summed E-state index contributed by atoms with van der Waals surface area (Å²) in [4.78, 5) is 15.1. The smallest absolute Gasteiger partial charge is 0.223 e. The minimum Gasteiger partial charge on any atom is -0.392 e. The molecule has 1 aliphatic heterocycles. The number of amides is 1. The highest BCUT2D eigenvalue weighted by Crippen LogP contribution is 2.15. The van der Waals surface area contributed by atoms with E-state index < -0.39 is 0 Å². The highest BCUT2D eigenvalue weighted by Gasteiger charge is 2.23. The number of rotatable bonds is 8. The molecule has 0 saturated carbocycles. The van der Waals surface area contributed by atoms with Crippen LogP contribution in [0.25, 0.3) is 0 Å². The van der Waals surface area contributed by atoms with E-state index in [-0.39, 0.29) is 11.8 Å². The van der Waals surface area contributed by atoms with Crippen LogP contribution >= 0.6 is 12.2 Å². The fraction of sp³-hybridized carbons (Fsp3) is 0.867. The molecule has 1 atom stereocenters. The summed E-state index contributed by atoms with van der Waals surface area (Å²) in [7, 11) is 0. The van der Waals surface area contributed by atoms with Gasteiger partial charge in [0.1, 0.15) is 0 Å². The Balaban J connectivity index is 2.31. The SMILES string of the molecule is CCCCC(CC)C(=O)NC1CCN(CC(N)=S)CC1. The van der Waals surface area contributed by atoms with Crippen LogP contribution in [-0.2, 0) is 4.79 Å². The number of piperidine rings is 1. The second-order valence-corrected chi connectivity index (χ2v) is 6.30. The first kappa shape index (κ1) is 17.4. The molecule has 5 heteroatoms. The Morgan fingerprint density at radius 3 is 2.55 bits per heavy atom. The predicted molar refractivity (Wildman–Crippen MR) is 87.7 cm³/mol. The maximum absolute atomic E-state index is 12.2. The lowest BCUT2D eigenvalue weighted by Crippen LogP contribution is -2.47. The Morgan fingerprint density at radius 1 is 1.40 bits per heavy atom. The zero-order chi connectivity index (χ0) is 15.0. The van der Waals surface area contributed by atoms with Gasteiger partial charge in [0, 0.05) is 31.6 Å². The number of carbonyl (C=O) groups is 1. The maximum Gasteiger partial charge on any atom is 0.223 e. The van der Waals surface area contributed by atoms with Crippen LogP contribution < -0.4 is 11.1 Å². The van der Waals surface area contributed by atoms with Gasteiger partial charge in [0.25, 0.3) is 0 Å². The molecule has 1 fully saturated rings. The third-order valence-electron chi connectivity index (χ3n) is 4.08. The fourth-order valence-corrected chi connectivity index (χ4v) is 2.93. The molecule has 0 aromatic heterocycles. The molecule has 116 valence electrons. The third-order valence-corrected chi connectivity index (χ3v) is 4.21. The summed E-state index contributed by atoms with van der Waals surface area (Å²) in [6.07, 6.45) is 6.24. The number of nitrogens with zero attached hydrogens (tertiary/aromatic N) is 1. The molecule has 1 saturated heterocycles. The predicted octanol–water partition coefficient (Wildman–Crippen LogP) is 2.07. The maximum atomic E-state index is 12.2. The Labute approximate surface area is 128 Å². The number of unbranched alkanes of at least 4 members (excludes halogenated alkanes) is 1. The lowest BCUT2D eigenvalue weighted by molar-refractivity contribution is -0.126. The van der Waals surface area contributed by atoms with Crippen LogP contribution in [0.5, 0.6) is 0 Å². The van der Waals surface area contributed by atoms with Crippen molar-refractivity contribution in [3.8, 4) is 0 Å². The molecule has 3 N–H and O–H groups in total. The quantitative estimate of drug-likeness (QED) is 0.674. The van der Waals surface area contributed by atoms with Crippen molar-refractivity contribution in [3.05, 3.63) is 0 Å². The van der Waals surface area contributed by atoms with Crippen LogP contribution in [0.2, 0.25) is 0 Å². The molecule has 1 heterocycles. The molecular formula is C15H29N3OS. The number of hydrogen-bond acceptors (Lipinski definition) is 3. The minimum atomic E-state index is 0.185. The van der Waals surface area contributed by atoms with E-state index in [9.17, 15) is 4.79 Å². The zero-order valence-corrected chi connectivity index (χ0v) is 13.7. The van der Waals surface area contributed by atoms with E-state index in [2.05, 4.69) is 24.1 Å². The van der Waals surface area contributed by atoms with Gasteiger partial charge in [-0.3, -0.25) is 9.69 Å². The molecule has 0 aromatic carbocycles. The molecular weight excluding hydrogens is 270 g/mol. The van der Waals surface area contributed by atoms with Gasteiger partial charge in [0.05, 0.1) is 4.99 Å². The van der Waals surface area contributed by atoms with E-state index in [4.69, 9.17) is 18.0 Å². The van der Waals surface area contributed by atoms with E-state index >= 15 is 0 Å².